The van der Waals surface area contributed by atoms with Gasteiger partial charge in [-0.05, 0) is 51.3 Å². The van der Waals surface area contributed by atoms with Gasteiger partial charge in [0.1, 0.15) is 0 Å². The molecule has 23 heavy (non-hydrogen) atoms. The number of alkyl halides is 3. The van der Waals surface area contributed by atoms with Gasteiger partial charge in [-0.3, -0.25) is 9.59 Å². The van der Waals surface area contributed by atoms with E-state index < -0.39 is 23.6 Å². The molecule has 1 aliphatic heterocycles. The third-order valence-electron chi connectivity index (χ3n) is 4.07. The average molecular weight is 328 g/mol. The highest BCUT2D eigenvalue weighted by Crippen LogP contribution is 2.30. The molecular weight excluding hydrogens is 309 g/mol. The molecule has 1 fully saturated rings. The number of rotatable bonds is 1. The van der Waals surface area contributed by atoms with Crippen molar-refractivity contribution in [3.05, 3.63) is 29.8 Å². The van der Waals surface area contributed by atoms with E-state index in [0.29, 0.717) is 0 Å². The first kappa shape index (κ1) is 17.3. The van der Waals surface area contributed by atoms with Crippen LogP contribution in [0.2, 0.25) is 0 Å². The first-order chi connectivity index (χ1) is 10.7. The van der Waals surface area contributed by atoms with Gasteiger partial charge in [-0.15, -0.1) is 0 Å². The third-order valence-corrected chi connectivity index (χ3v) is 4.07. The van der Waals surface area contributed by atoms with Crippen molar-refractivity contribution in [3.63, 3.8) is 0 Å². The van der Waals surface area contributed by atoms with Crippen molar-refractivity contribution >= 4 is 17.5 Å². The van der Waals surface area contributed by atoms with E-state index in [2.05, 4.69) is 5.32 Å². The fraction of sp³-hybridized carbons (Fsp3) is 0.500. The standard InChI is InChI=1S/C16H19F3N2O2/c1-10-5-3-6-11(2)21(10)15(23)14(22)20-13-8-4-7-12(9-13)16(17,18)19/h4,7-11H,3,5-6H2,1-2H3,(H,20,22). The van der Waals surface area contributed by atoms with Crippen LogP contribution in [0.4, 0.5) is 18.9 Å². The Labute approximate surface area is 132 Å². The second-order valence-corrected chi connectivity index (χ2v) is 5.87. The topological polar surface area (TPSA) is 49.4 Å². The Morgan fingerprint density at radius 1 is 1.17 bits per heavy atom. The first-order valence-electron chi connectivity index (χ1n) is 7.51. The molecule has 0 bridgehead atoms. The van der Waals surface area contributed by atoms with E-state index >= 15 is 0 Å². The summed E-state index contributed by atoms with van der Waals surface area (Å²) in [4.78, 5) is 25.9. The summed E-state index contributed by atoms with van der Waals surface area (Å²) in [6, 6.07) is 4.12. The van der Waals surface area contributed by atoms with Crippen molar-refractivity contribution in [3.8, 4) is 0 Å². The smallest absolute Gasteiger partial charge is 0.329 e. The maximum Gasteiger partial charge on any atom is 0.416 e. The number of likely N-dealkylation sites (tertiary alicyclic amines) is 1. The quantitative estimate of drug-likeness (QED) is 0.803. The molecule has 2 unspecified atom stereocenters. The molecule has 1 aliphatic rings. The highest BCUT2D eigenvalue weighted by molar-refractivity contribution is 6.39. The summed E-state index contributed by atoms with van der Waals surface area (Å²) in [6.07, 6.45) is -1.89. The molecule has 126 valence electrons. The Morgan fingerprint density at radius 2 is 1.78 bits per heavy atom. The normalized spacial score (nSPS) is 21.9. The number of nitrogens with one attached hydrogen (secondary N) is 1. The highest BCUT2D eigenvalue weighted by atomic mass is 19.4. The Morgan fingerprint density at radius 3 is 2.35 bits per heavy atom. The first-order valence-corrected chi connectivity index (χ1v) is 7.51. The van der Waals surface area contributed by atoms with E-state index in [1.807, 2.05) is 13.8 Å². The minimum Gasteiger partial charge on any atom is -0.329 e. The SMILES string of the molecule is CC1CCCC(C)N1C(=O)C(=O)Nc1cccc(C(F)(F)F)c1. The van der Waals surface area contributed by atoms with Gasteiger partial charge in [-0.1, -0.05) is 6.07 Å². The van der Waals surface area contributed by atoms with Crippen LogP contribution in [0.3, 0.4) is 0 Å². The van der Waals surface area contributed by atoms with E-state index in [9.17, 15) is 22.8 Å². The molecule has 7 heteroatoms. The van der Waals surface area contributed by atoms with Crippen molar-refractivity contribution in [1.29, 1.82) is 0 Å². The number of carbonyl (C=O) groups excluding carboxylic acids is 2. The Kier molecular flexibility index (Phi) is 4.97. The number of hydrogen-bond donors (Lipinski definition) is 1. The lowest BCUT2D eigenvalue weighted by atomic mass is 9.97. The molecule has 0 saturated carbocycles. The Bertz CT molecular complexity index is 591. The van der Waals surface area contributed by atoms with Gasteiger partial charge in [0.05, 0.1) is 5.56 Å². The molecule has 4 nitrogen and oxygen atoms in total. The summed E-state index contributed by atoms with van der Waals surface area (Å²) in [5, 5.41) is 2.26. The summed E-state index contributed by atoms with van der Waals surface area (Å²) in [5.74, 6) is -1.62. The third kappa shape index (κ3) is 4.03. The van der Waals surface area contributed by atoms with Crippen LogP contribution in [0.5, 0.6) is 0 Å². The molecule has 2 amide bonds. The molecule has 0 radical (unpaired) electrons. The summed E-state index contributed by atoms with van der Waals surface area (Å²) in [6.45, 7) is 3.73. The van der Waals surface area contributed by atoms with Crippen LogP contribution in [0.15, 0.2) is 24.3 Å². The lowest BCUT2D eigenvalue weighted by Crippen LogP contribution is -2.51. The molecule has 0 aliphatic carbocycles. The van der Waals surface area contributed by atoms with Crippen LogP contribution < -0.4 is 5.32 Å². The van der Waals surface area contributed by atoms with E-state index in [1.165, 1.54) is 17.0 Å². The highest BCUT2D eigenvalue weighted by Gasteiger charge is 2.33. The van der Waals surface area contributed by atoms with Crippen molar-refractivity contribution in [2.75, 3.05) is 5.32 Å². The van der Waals surface area contributed by atoms with Crippen LogP contribution in [-0.4, -0.2) is 28.8 Å². The second-order valence-electron chi connectivity index (χ2n) is 5.87. The lowest BCUT2D eigenvalue weighted by Gasteiger charge is -2.38. The molecule has 1 heterocycles. The maximum absolute atomic E-state index is 12.7. The zero-order chi connectivity index (χ0) is 17.2. The zero-order valence-corrected chi connectivity index (χ0v) is 13.0. The van der Waals surface area contributed by atoms with Gasteiger partial charge >= 0.3 is 18.0 Å². The summed E-state index contributed by atoms with van der Waals surface area (Å²) < 4.78 is 38.0. The van der Waals surface area contributed by atoms with E-state index in [4.69, 9.17) is 0 Å². The number of piperidine rings is 1. The lowest BCUT2D eigenvalue weighted by molar-refractivity contribution is -0.147. The van der Waals surface area contributed by atoms with Gasteiger partial charge < -0.3 is 10.2 Å². The minimum absolute atomic E-state index is 0.0458. The molecule has 1 N–H and O–H groups in total. The number of halogens is 3. The van der Waals surface area contributed by atoms with Crippen molar-refractivity contribution in [2.24, 2.45) is 0 Å². The van der Waals surface area contributed by atoms with Gasteiger partial charge in [0.2, 0.25) is 0 Å². The fourth-order valence-electron chi connectivity index (χ4n) is 2.90. The predicted molar refractivity (Wildman–Crippen MR) is 79.7 cm³/mol. The van der Waals surface area contributed by atoms with Gasteiger partial charge in [-0.25, -0.2) is 0 Å². The largest absolute Gasteiger partial charge is 0.416 e. The van der Waals surface area contributed by atoms with E-state index in [1.54, 1.807) is 0 Å². The van der Waals surface area contributed by atoms with E-state index in [0.717, 1.165) is 31.4 Å². The van der Waals surface area contributed by atoms with Gasteiger partial charge in [-0.2, -0.15) is 13.2 Å². The number of carbonyl (C=O) groups is 2. The molecule has 0 spiro atoms. The van der Waals surface area contributed by atoms with Crippen LogP contribution in [-0.2, 0) is 15.8 Å². The molecule has 0 aromatic heterocycles. The number of hydrogen-bond acceptors (Lipinski definition) is 2. The summed E-state index contributed by atoms with van der Waals surface area (Å²) in [7, 11) is 0. The monoisotopic (exact) mass is 328 g/mol. The van der Waals surface area contributed by atoms with Crippen molar-refractivity contribution in [2.45, 2.75) is 51.4 Å². The molecule has 1 aromatic carbocycles. The van der Waals surface area contributed by atoms with Gasteiger partial charge in [0.15, 0.2) is 0 Å². The molecule has 1 aromatic rings. The summed E-state index contributed by atoms with van der Waals surface area (Å²) in [5.41, 5.74) is -0.919. The number of amides is 2. The summed E-state index contributed by atoms with van der Waals surface area (Å²) >= 11 is 0. The van der Waals surface area contributed by atoms with Crippen LogP contribution in [0, 0.1) is 0 Å². The fourth-order valence-corrected chi connectivity index (χ4v) is 2.90. The number of anilines is 1. The van der Waals surface area contributed by atoms with Crippen LogP contribution >= 0.6 is 0 Å². The minimum atomic E-state index is -4.50. The second kappa shape index (κ2) is 6.60. The zero-order valence-electron chi connectivity index (χ0n) is 13.0. The molecule has 1 saturated heterocycles. The van der Waals surface area contributed by atoms with Crippen LogP contribution in [0.1, 0.15) is 38.7 Å². The maximum atomic E-state index is 12.7. The molecular formula is C16H19F3N2O2. The Balaban J connectivity index is 2.11. The predicted octanol–water partition coefficient (Wildman–Crippen LogP) is 3.43. The molecule has 2 atom stereocenters. The average Bonchev–Trinajstić information content (AvgIpc) is 2.46. The molecule has 2 rings (SSSR count). The number of nitrogens with zero attached hydrogens (tertiary/aromatic N) is 1. The Hall–Kier alpha value is -2.05. The van der Waals surface area contributed by atoms with Crippen LogP contribution in [0.25, 0.3) is 0 Å². The van der Waals surface area contributed by atoms with E-state index in [-0.39, 0.29) is 17.8 Å². The van der Waals surface area contributed by atoms with Crippen molar-refractivity contribution in [1.82, 2.24) is 4.90 Å². The van der Waals surface area contributed by atoms with Gasteiger partial charge in [0.25, 0.3) is 0 Å². The van der Waals surface area contributed by atoms with Gasteiger partial charge in [0, 0.05) is 17.8 Å². The van der Waals surface area contributed by atoms with Crippen molar-refractivity contribution < 1.29 is 22.8 Å². The number of benzene rings is 1.